The van der Waals surface area contributed by atoms with E-state index in [1.54, 1.807) is 0 Å². The lowest BCUT2D eigenvalue weighted by molar-refractivity contribution is -0.151. The Kier molecular flexibility index (Phi) is 5.86. The molecule has 6 nitrogen and oxygen atoms in total. The molecule has 0 unspecified atom stereocenters. The van der Waals surface area contributed by atoms with E-state index in [1.165, 1.54) is 18.1 Å². The Balaban J connectivity index is 1.54. The molecule has 0 N–H and O–H groups in total. The number of para-hydroxylation sites is 1. The van der Waals surface area contributed by atoms with Gasteiger partial charge < -0.3 is 9.64 Å². The third-order valence-electron chi connectivity index (χ3n) is 4.31. The first kappa shape index (κ1) is 17.7. The molecule has 1 fully saturated rings. The molecule has 1 aromatic heterocycles. The molecule has 1 aliphatic heterocycles. The van der Waals surface area contributed by atoms with Gasteiger partial charge in [0.05, 0.1) is 23.8 Å². The van der Waals surface area contributed by atoms with Gasteiger partial charge in [0.2, 0.25) is 5.91 Å². The molecule has 1 aliphatic rings. The lowest BCUT2D eigenvalue weighted by Crippen LogP contribution is -2.41. The van der Waals surface area contributed by atoms with Gasteiger partial charge in [0.25, 0.3) is 0 Å². The van der Waals surface area contributed by atoms with Gasteiger partial charge in [-0.15, -0.1) is 0 Å². The SMILES string of the molecule is CCOC(=O)C1CCN(C(=O)CSc2ncnc3ccccc23)CC1. The predicted molar refractivity (Wildman–Crippen MR) is 96.2 cm³/mol. The molecule has 132 valence electrons. The average Bonchev–Trinajstić information content (AvgIpc) is 2.66. The summed E-state index contributed by atoms with van der Waals surface area (Å²) in [6.45, 7) is 3.42. The van der Waals surface area contributed by atoms with Crippen LogP contribution in [-0.4, -0.2) is 52.2 Å². The second-order valence-electron chi connectivity index (χ2n) is 5.89. The van der Waals surface area contributed by atoms with Gasteiger partial charge in [0.1, 0.15) is 11.4 Å². The standard InChI is InChI=1S/C18H21N3O3S/c1-2-24-18(23)13-7-9-21(10-8-13)16(22)11-25-17-14-5-3-4-6-15(14)19-12-20-17/h3-6,12-13H,2,7-11H2,1H3. The van der Waals surface area contributed by atoms with Crippen molar-refractivity contribution in [3.8, 4) is 0 Å². The molecule has 1 saturated heterocycles. The molecule has 0 bridgehead atoms. The highest BCUT2D eigenvalue weighted by Crippen LogP contribution is 2.25. The number of hydrogen-bond donors (Lipinski definition) is 0. The zero-order valence-electron chi connectivity index (χ0n) is 14.2. The Labute approximate surface area is 151 Å². The first-order valence-electron chi connectivity index (χ1n) is 8.46. The number of piperidine rings is 1. The van der Waals surface area contributed by atoms with Gasteiger partial charge in [0.15, 0.2) is 0 Å². The van der Waals surface area contributed by atoms with Crippen LogP contribution in [0.15, 0.2) is 35.6 Å². The van der Waals surface area contributed by atoms with Gasteiger partial charge in [-0.25, -0.2) is 9.97 Å². The van der Waals surface area contributed by atoms with E-state index >= 15 is 0 Å². The van der Waals surface area contributed by atoms with Crippen LogP contribution < -0.4 is 0 Å². The number of carbonyl (C=O) groups is 2. The van der Waals surface area contributed by atoms with Crippen molar-refractivity contribution in [3.05, 3.63) is 30.6 Å². The number of amides is 1. The van der Waals surface area contributed by atoms with Gasteiger partial charge in [0, 0.05) is 18.5 Å². The van der Waals surface area contributed by atoms with E-state index in [0.717, 1.165) is 15.9 Å². The van der Waals surface area contributed by atoms with Crippen LogP contribution in [0.2, 0.25) is 0 Å². The fourth-order valence-corrected chi connectivity index (χ4v) is 3.83. The van der Waals surface area contributed by atoms with Crippen LogP contribution >= 0.6 is 11.8 Å². The highest BCUT2D eigenvalue weighted by atomic mass is 32.2. The summed E-state index contributed by atoms with van der Waals surface area (Å²) in [5, 5.41) is 1.78. The summed E-state index contributed by atoms with van der Waals surface area (Å²) < 4.78 is 5.06. The molecule has 0 saturated carbocycles. The van der Waals surface area contributed by atoms with Crippen molar-refractivity contribution >= 4 is 34.5 Å². The molecule has 2 aromatic rings. The smallest absolute Gasteiger partial charge is 0.309 e. The van der Waals surface area contributed by atoms with Crippen molar-refractivity contribution in [1.82, 2.24) is 14.9 Å². The number of benzene rings is 1. The third-order valence-corrected chi connectivity index (χ3v) is 5.30. The summed E-state index contributed by atoms with van der Waals surface area (Å²) >= 11 is 1.43. The van der Waals surface area contributed by atoms with E-state index < -0.39 is 0 Å². The van der Waals surface area contributed by atoms with Gasteiger partial charge in [-0.2, -0.15) is 0 Å². The minimum atomic E-state index is -0.142. The predicted octanol–water partition coefficient (Wildman–Crippen LogP) is 2.52. The normalized spacial score (nSPS) is 15.3. The quantitative estimate of drug-likeness (QED) is 0.464. The molecule has 0 spiro atoms. The highest BCUT2D eigenvalue weighted by molar-refractivity contribution is 8.00. The van der Waals surface area contributed by atoms with E-state index in [1.807, 2.05) is 36.1 Å². The van der Waals surface area contributed by atoms with Gasteiger partial charge in [-0.05, 0) is 25.8 Å². The zero-order valence-corrected chi connectivity index (χ0v) is 15.0. The lowest BCUT2D eigenvalue weighted by atomic mass is 9.97. The molecule has 1 amide bonds. The second-order valence-corrected chi connectivity index (χ2v) is 6.86. The summed E-state index contributed by atoms with van der Waals surface area (Å²) in [7, 11) is 0. The van der Waals surface area contributed by atoms with Crippen LogP contribution in [0.5, 0.6) is 0 Å². The number of aromatic nitrogens is 2. The summed E-state index contributed by atoms with van der Waals surface area (Å²) in [5.74, 6) is 0.194. The van der Waals surface area contributed by atoms with Crippen LogP contribution in [-0.2, 0) is 14.3 Å². The number of nitrogens with zero attached hydrogens (tertiary/aromatic N) is 3. The van der Waals surface area contributed by atoms with Crippen LogP contribution in [0.25, 0.3) is 10.9 Å². The number of likely N-dealkylation sites (tertiary alicyclic amines) is 1. The lowest BCUT2D eigenvalue weighted by Gasteiger charge is -2.30. The molecular weight excluding hydrogens is 338 g/mol. The Morgan fingerprint density at radius 3 is 2.76 bits per heavy atom. The maximum Gasteiger partial charge on any atom is 0.309 e. The largest absolute Gasteiger partial charge is 0.466 e. The Hall–Kier alpha value is -2.15. The van der Waals surface area contributed by atoms with Crippen molar-refractivity contribution < 1.29 is 14.3 Å². The van der Waals surface area contributed by atoms with Crippen molar-refractivity contribution in [2.75, 3.05) is 25.4 Å². The minimum absolute atomic E-state index is 0.0787. The number of esters is 1. The van der Waals surface area contributed by atoms with Crippen LogP contribution in [0, 0.1) is 5.92 Å². The highest BCUT2D eigenvalue weighted by Gasteiger charge is 2.28. The Morgan fingerprint density at radius 1 is 1.24 bits per heavy atom. The third kappa shape index (κ3) is 4.28. The number of thioether (sulfide) groups is 1. The van der Waals surface area contributed by atoms with Crippen molar-refractivity contribution in [2.45, 2.75) is 24.8 Å². The van der Waals surface area contributed by atoms with Gasteiger partial charge in [-0.3, -0.25) is 9.59 Å². The fraction of sp³-hybridized carbons (Fsp3) is 0.444. The molecule has 3 rings (SSSR count). The Bertz CT molecular complexity index is 755. The number of ether oxygens (including phenoxy) is 1. The molecule has 2 heterocycles. The van der Waals surface area contributed by atoms with Gasteiger partial charge in [-0.1, -0.05) is 30.0 Å². The van der Waals surface area contributed by atoms with E-state index in [4.69, 9.17) is 4.74 Å². The van der Waals surface area contributed by atoms with Crippen molar-refractivity contribution in [3.63, 3.8) is 0 Å². The minimum Gasteiger partial charge on any atom is -0.466 e. The number of fused-ring (bicyclic) bond motifs is 1. The summed E-state index contributed by atoms with van der Waals surface area (Å²) in [6.07, 6.45) is 2.87. The zero-order chi connectivity index (χ0) is 17.6. The maximum atomic E-state index is 12.5. The van der Waals surface area contributed by atoms with Crippen LogP contribution in [0.4, 0.5) is 0 Å². The first-order chi connectivity index (χ1) is 12.2. The molecule has 0 radical (unpaired) electrons. The van der Waals surface area contributed by atoms with Crippen molar-refractivity contribution in [2.24, 2.45) is 5.92 Å². The van der Waals surface area contributed by atoms with E-state index in [-0.39, 0.29) is 17.8 Å². The Morgan fingerprint density at radius 2 is 2.00 bits per heavy atom. The van der Waals surface area contributed by atoms with E-state index in [0.29, 0.717) is 38.3 Å². The molecule has 7 heteroatoms. The number of carbonyl (C=O) groups excluding carboxylic acids is 2. The monoisotopic (exact) mass is 359 g/mol. The van der Waals surface area contributed by atoms with E-state index in [2.05, 4.69) is 9.97 Å². The topological polar surface area (TPSA) is 72.4 Å². The van der Waals surface area contributed by atoms with Crippen LogP contribution in [0.3, 0.4) is 0 Å². The average molecular weight is 359 g/mol. The molecular formula is C18H21N3O3S. The molecule has 1 aromatic carbocycles. The van der Waals surface area contributed by atoms with E-state index in [9.17, 15) is 9.59 Å². The fourth-order valence-electron chi connectivity index (χ4n) is 2.94. The second kappa shape index (κ2) is 8.29. The number of rotatable bonds is 5. The van der Waals surface area contributed by atoms with Crippen LogP contribution in [0.1, 0.15) is 19.8 Å². The maximum absolute atomic E-state index is 12.5. The summed E-state index contributed by atoms with van der Waals surface area (Å²) in [6, 6.07) is 7.77. The summed E-state index contributed by atoms with van der Waals surface area (Å²) in [4.78, 5) is 34.6. The van der Waals surface area contributed by atoms with Gasteiger partial charge >= 0.3 is 5.97 Å². The molecule has 0 aliphatic carbocycles. The first-order valence-corrected chi connectivity index (χ1v) is 9.44. The summed E-state index contributed by atoms with van der Waals surface area (Å²) in [5.41, 5.74) is 0.877. The van der Waals surface area contributed by atoms with Crippen molar-refractivity contribution in [1.29, 1.82) is 0 Å². The number of hydrogen-bond acceptors (Lipinski definition) is 6. The molecule has 0 atom stereocenters. The molecule has 25 heavy (non-hydrogen) atoms.